The molecule has 0 aliphatic rings. The Morgan fingerprint density at radius 3 is 2.74 bits per heavy atom. The number of anilines is 1. The summed E-state index contributed by atoms with van der Waals surface area (Å²) in [5.41, 5.74) is 0. The zero-order chi connectivity index (χ0) is 14.0. The summed E-state index contributed by atoms with van der Waals surface area (Å²) in [5, 5.41) is 14.6. The highest BCUT2D eigenvalue weighted by molar-refractivity contribution is 6.31. The first-order valence-electron chi connectivity index (χ1n) is 6.02. The van der Waals surface area contributed by atoms with Gasteiger partial charge in [-0.05, 0) is 35.6 Å². The van der Waals surface area contributed by atoms with Crippen molar-refractivity contribution in [2.45, 2.75) is 19.9 Å². The second-order valence-electron chi connectivity index (χ2n) is 4.73. The zero-order valence-electron chi connectivity index (χ0n) is 10.7. The van der Waals surface area contributed by atoms with E-state index in [1.165, 1.54) is 0 Å². The van der Waals surface area contributed by atoms with Crippen LogP contribution in [0.5, 0.6) is 0 Å². The molecule has 2 rings (SSSR count). The summed E-state index contributed by atoms with van der Waals surface area (Å²) in [6.07, 6.45) is 1.64. The minimum atomic E-state index is -0.886. The largest absolute Gasteiger partial charge is 0.480 e. The number of nitrogens with zero attached hydrogens (tertiary/aromatic N) is 1. The Morgan fingerprint density at radius 2 is 2.11 bits per heavy atom. The predicted molar refractivity (Wildman–Crippen MR) is 76.6 cm³/mol. The molecule has 2 aromatic rings. The van der Waals surface area contributed by atoms with Gasteiger partial charge in [0.1, 0.15) is 11.9 Å². The fourth-order valence-electron chi connectivity index (χ4n) is 1.92. The maximum atomic E-state index is 11.2. The van der Waals surface area contributed by atoms with Gasteiger partial charge in [-0.1, -0.05) is 25.4 Å². The lowest BCUT2D eigenvalue weighted by Gasteiger charge is -2.19. The van der Waals surface area contributed by atoms with Crippen LogP contribution in [0, 0.1) is 5.92 Å². The van der Waals surface area contributed by atoms with Crippen molar-refractivity contribution in [2.24, 2.45) is 5.92 Å². The number of fused-ring (bicyclic) bond motifs is 1. The molecule has 0 amide bonds. The molecule has 2 N–H and O–H groups in total. The van der Waals surface area contributed by atoms with Gasteiger partial charge in [0.15, 0.2) is 0 Å². The smallest absolute Gasteiger partial charge is 0.326 e. The van der Waals surface area contributed by atoms with E-state index in [1.807, 2.05) is 32.0 Å². The molecule has 0 aliphatic heterocycles. The van der Waals surface area contributed by atoms with Gasteiger partial charge in [-0.25, -0.2) is 9.78 Å². The Balaban J connectivity index is 2.42. The van der Waals surface area contributed by atoms with E-state index >= 15 is 0 Å². The number of carboxylic acids is 1. The summed E-state index contributed by atoms with van der Waals surface area (Å²) < 4.78 is 0. The molecular weight excluding hydrogens is 264 g/mol. The van der Waals surface area contributed by atoms with Crippen LogP contribution in [0.2, 0.25) is 5.02 Å². The monoisotopic (exact) mass is 278 g/mol. The normalized spacial score (nSPS) is 12.6. The number of carbonyl (C=O) groups is 1. The molecule has 0 bridgehead atoms. The van der Waals surface area contributed by atoms with Crippen molar-refractivity contribution >= 4 is 34.2 Å². The van der Waals surface area contributed by atoms with Crippen LogP contribution in [0.4, 0.5) is 5.82 Å². The van der Waals surface area contributed by atoms with Gasteiger partial charge in [-0.2, -0.15) is 0 Å². The van der Waals surface area contributed by atoms with Gasteiger partial charge in [0.05, 0.1) is 0 Å². The number of carboxylic acid groups (broad SMARTS) is 1. The molecule has 0 aliphatic carbocycles. The van der Waals surface area contributed by atoms with Gasteiger partial charge in [0, 0.05) is 16.6 Å². The van der Waals surface area contributed by atoms with E-state index in [9.17, 15) is 9.90 Å². The number of hydrogen-bond acceptors (Lipinski definition) is 3. The Hall–Kier alpha value is -1.81. The summed E-state index contributed by atoms with van der Waals surface area (Å²) in [6, 6.07) is 6.61. The fraction of sp³-hybridized carbons (Fsp3) is 0.286. The second-order valence-corrected chi connectivity index (χ2v) is 5.17. The van der Waals surface area contributed by atoms with Crippen LogP contribution in [0.25, 0.3) is 10.8 Å². The van der Waals surface area contributed by atoms with E-state index in [0.29, 0.717) is 10.8 Å². The third-order valence-corrected chi connectivity index (χ3v) is 3.19. The van der Waals surface area contributed by atoms with Crippen molar-refractivity contribution in [3.63, 3.8) is 0 Å². The first kappa shape index (κ1) is 13.6. The van der Waals surface area contributed by atoms with Gasteiger partial charge in [-0.3, -0.25) is 0 Å². The zero-order valence-corrected chi connectivity index (χ0v) is 11.5. The number of hydrogen-bond donors (Lipinski definition) is 2. The first-order chi connectivity index (χ1) is 8.99. The molecule has 0 radical (unpaired) electrons. The van der Waals surface area contributed by atoms with Gasteiger partial charge >= 0.3 is 5.97 Å². The van der Waals surface area contributed by atoms with E-state index in [2.05, 4.69) is 10.3 Å². The molecule has 0 spiro atoms. The van der Waals surface area contributed by atoms with Gasteiger partial charge in [0.25, 0.3) is 0 Å². The van der Waals surface area contributed by atoms with Crippen LogP contribution in [-0.2, 0) is 4.79 Å². The average molecular weight is 279 g/mol. The number of aliphatic carboxylic acids is 1. The summed E-state index contributed by atoms with van der Waals surface area (Å²) >= 11 is 5.94. The van der Waals surface area contributed by atoms with E-state index in [4.69, 9.17) is 11.6 Å². The van der Waals surface area contributed by atoms with Crippen molar-refractivity contribution in [1.29, 1.82) is 0 Å². The molecule has 5 heteroatoms. The molecule has 1 heterocycles. The summed E-state index contributed by atoms with van der Waals surface area (Å²) in [7, 11) is 0. The lowest BCUT2D eigenvalue weighted by Crippen LogP contribution is -2.34. The molecule has 4 nitrogen and oxygen atoms in total. The van der Waals surface area contributed by atoms with Crippen LogP contribution < -0.4 is 5.32 Å². The van der Waals surface area contributed by atoms with E-state index in [1.54, 1.807) is 12.3 Å². The third kappa shape index (κ3) is 2.96. The topological polar surface area (TPSA) is 62.2 Å². The van der Waals surface area contributed by atoms with Crippen molar-refractivity contribution < 1.29 is 9.90 Å². The van der Waals surface area contributed by atoms with Gasteiger partial charge in [-0.15, -0.1) is 0 Å². The van der Waals surface area contributed by atoms with Gasteiger partial charge < -0.3 is 10.4 Å². The maximum Gasteiger partial charge on any atom is 0.326 e. The van der Waals surface area contributed by atoms with Crippen LogP contribution in [0.15, 0.2) is 30.5 Å². The number of aromatic nitrogens is 1. The van der Waals surface area contributed by atoms with Crippen LogP contribution in [0.1, 0.15) is 13.8 Å². The van der Waals surface area contributed by atoms with E-state index < -0.39 is 12.0 Å². The van der Waals surface area contributed by atoms with E-state index in [0.717, 1.165) is 10.8 Å². The summed E-state index contributed by atoms with van der Waals surface area (Å²) in [6.45, 7) is 3.71. The molecule has 0 saturated heterocycles. The van der Waals surface area contributed by atoms with Crippen molar-refractivity contribution in [2.75, 3.05) is 5.32 Å². The molecule has 1 aromatic carbocycles. The number of nitrogens with one attached hydrogen (secondary N) is 1. The quantitative estimate of drug-likeness (QED) is 0.900. The summed E-state index contributed by atoms with van der Waals surface area (Å²) in [4.78, 5) is 15.4. The van der Waals surface area contributed by atoms with Crippen molar-refractivity contribution in [3.05, 3.63) is 35.5 Å². The highest BCUT2D eigenvalue weighted by Gasteiger charge is 2.22. The van der Waals surface area contributed by atoms with Crippen LogP contribution in [-0.4, -0.2) is 22.1 Å². The fourth-order valence-corrected chi connectivity index (χ4v) is 2.11. The first-order valence-corrected chi connectivity index (χ1v) is 6.40. The highest BCUT2D eigenvalue weighted by Crippen LogP contribution is 2.25. The number of pyridine rings is 1. The average Bonchev–Trinajstić information content (AvgIpc) is 2.34. The minimum Gasteiger partial charge on any atom is -0.480 e. The Morgan fingerprint density at radius 1 is 1.37 bits per heavy atom. The Bertz CT molecular complexity index is 613. The minimum absolute atomic E-state index is 0.0399. The SMILES string of the molecule is CC(C)C(Nc1nccc2cc(Cl)ccc12)C(=O)O. The molecule has 1 aromatic heterocycles. The standard InChI is InChI=1S/C14H15ClN2O2/c1-8(2)12(14(18)19)17-13-11-4-3-10(15)7-9(11)5-6-16-13/h3-8,12H,1-2H3,(H,16,17)(H,18,19). The Kier molecular flexibility index (Phi) is 3.90. The van der Waals surface area contributed by atoms with Crippen molar-refractivity contribution in [3.8, 4) is 0 Å². The van der Waals surface area contributed by atoms with E-state index in [-0.39, 0.29) is 5.92 Å². The van der Waals surface area contributed by atoms with Crippen LogP contribution in [0.3, 0.4) is 0 Å². The molecule has 19 heavy (non-hydrogen) atoms. The molecular formula is C14H15ClN2O2. The molecule has 0 fully saturated rings. The van der Waals surface area contributed by atoms with Crippen LogP contribution >= 0.6 is 11.6 Å². The Labute approximate surface area is 116 Å². The number of benzene rings is 1. The predicted octanol–water partition coefficient (Wildman–Crippen LogP) is 3.41. The number of rotatable bonds is 4. The second kappa shape index (κ2) is 5.45. The third-order valence-electron chi connectivity index (χ3n) is 2.95. The molecule has 0 saturated carbocycles. The highest BCUT2D eigenvalue weighted by atomic mass is 35.5. The summed E-state index contributed by atoms with van der Waals surface area (Å²) in [5.74, 6) is -0.361. The maximum absolute atomic E-state index is 11.2. The van der Waals surface area contributed by atoms with Gasteiger partial charge in [0.2, 0.25) is 0 Å². The lowest BCUT2D eigenvalue weighted by molar-refractivity contribution is -0.138. The molecule has 1 unspecified atom stereocenters. The molecule has 1 atom stereocenters. The molecule has 100 valence electrons. The lowest BCUT2D eigenvalue weighted by atomic mass is 10.0. The number of halogens is 1. The van der Waals surface area contributed by atoms with Crippen molar-refractivity contribution in [1.82, 2.24) is 4.98 Å².